The molecule has 2 N–H and O–H groups in total. The molecule has 2 aliphatic heterocycles. The number of amides is 1. The summed E-state index contributed by atoms with van der Waals surface area (Å²) < 4.78 is 0. The SMILES string of the molecule is CCNC1CC2CCCC(C1)N2C(C)C(=O)NC(C)C. The molecule has 20 heavy (non-hydrogen) atoms. The molecule has 3 unspecified atom stereocenters. The van der Waals surface area contributed by atoms with Crippen molar-refractivity contribution < 1.29 is 4.79 Å². The van der Waals surface area contributed by atoms with Gasteiger partial charge in [0.25, 0.3) is 0 Å². The van der Waals surface area contributed by atoms with Crippen LogP contribution < -0.4 is 10.6 Å². The van der Waals surface area contributed by atoms with Crippen LogP contribution in [0, 0.1) is 0 Å². The lowest BCUT2D eigenvalue weighted by molar-refractivity contribution is -0.131. The summed E-state index contributed by atoms with van der Waals surface area (Å²) in [6, 6.07) is 2.05. The zero-order chi connectivity index (χ0) is 14.7. The van der Waals surface area contributed by atoms with E-state index in [1.165, 1.54) is 32.1 Å². The lowest BCUT2D eigenvalue weighted by Crippen LogP contribution is -2.62. The Labute approximate surface area is 123 Å². The first-order valence-corrected chi connectivity index (χ1v) is 8.34. The number of nitrogens with zero attached hydrogens (tertiary/aromatic N) is 1. The van der Waals surface area contributed by atoms with E-state index in [1.807, 2.05) is 13.8 Å². The second-order valence-electron chi connectivity index (χ2n) is 6.75. The Balaban J connectivity index is 2.02. The second kappa shape index (κ2) is 6.90. The van der Waals surface area contributed by atoms with Crippen LogP contribution in [0.2, 0.25) is 0 Å². The summed E-state index contributed by atoms with van der Waals surface area (Å²) in [7, 11) is 0. The minimum Gasteiger partial charge on any atom is -0.353 e. The summed E-state index contributed by atoms with van der Waals surface area (Å²) >= 11 is 0. The van der Waals surface area contributed by atoms with Crippen LogP contribution in [0.1, 0.15) is 59.8 Å². The van der Waals surface area contributed by atoms with Gasteiger partial charge in [-0.15, -0.1) is 0 Å². The van der Waals surface area contributed by atoms with E-state index in [0.717, 1.165) is 6.54 Å². The maximum atomic E-state index is 12.3. The number of piperidine rings is 2. The molecule has 0 aromatic carbocycles. The third-order valence-corrected chi connectivity index (χ3v) is 4.78. The van der Waals surface area contributed by atoms with Gasteiger partial charge in [-0.05, 0) is 53.0 Å². The van der Waals surface area contributed by atoms with Crippen LogP contribution in [0.4, 0.5) is 0 Å². The van der Waals surface area contributed by atoms with Gasteiger partial charge in [-0.25, -0.2) is 0 Å². The first-order valence-electron chi connectivity index (χ1n) is 8.34. The quantitative estimate of drug-likeness (QED) is 0.809. The molecule has 2 bridgehead atoms. The van der Waals surface area contributed by atoms with Crippen LogP contribution in [0.25, 0.3) is 0 Å². The number of hydrogen-bond donors (Lipinski definition) is 2. The van der Waals surface area contributed by atoms with Crippen molar-refractivity contribution in [3.63, 3.8) is 0 Å². The van der Waals surface area contributed by atoms with Crippen LogP contribution in [-0.4, -0.2) is 47.6 Å². The van der Waals surface area contributed by atoms with Crippen molar-refractivity contribution >= 4 is 5.91 Å². The van der Waals surface area contributed by atoms with Crippen LogP contribution in [0.3, 0.4) is 0 Å². The molecule has 0 saturated carbocycles. The van der Waals surface area contributed by atoms with Crippen LogP contribution in [0.5, 0.6) is 0 Å². The molecule has 116 valence electrons. The summed E-state index contributed by atoms with van der Waals surface area (Å²) in [5.41, 5.74) is 0. The van der Waals surface area contributed by atoms with E-state index in [4.69, 9.17) is 0 Å². The smallest absolute Gasteiger partial charge is 0.237 e. The fourth-order valence-electron chi connectivity index (χ4n) is 4.05. The number of rotatable bonds is 5. The van der Waals surface area contributed by atoms with E-state index < -0.39 is 0 Å². The molecule has 2 rings (SSSR count). The molecule has 2 saturated heterocycles. The van der Waals surface area contributed by atoms with Crippen molar-refractivity contribution in [2.75, 3.05) is 6.54 Å². The zero-order valence-corrected chi connectivity index (χ0v) is 13.5. The third kappa shape index (κ3) is 3.53. The Kier molecular flexibility index (Phi) is 5.44. The van der Waals surface area contributed by atoms with E-state index in [-0.39, 0.29) is 18.0 Å². The fourth-order valence-corrected chi connectivity index (χ4v) is 4.05. The number of carbonyl (C=O) groups is 1. The molecule has 0 aromatic heterocycles. The van der Waals surface area contributed by atoms with Crippen molar-refractivity contribution in [3.05, 3.63) is 0 Å². The normalized spacial score (nSPS) is 32.1. The van der Waals surface area contributed by atoms with E-state index in [9.17, 15) is 4.79 Å². The van der Waals surface area contributed by atoms with Crippen molar-refractivity contribution in [3.8, 4) is 0 Å². The maximum Gasteiger partial charge on any atom is 0.237 e. The Bertz CT molecular complexity index is 318. The molecule has 0 radical (unpaired) electrons. The monoisotopic (exact) mass is 281 g/mol. The topological polar surface area (TPSA) is 44.4 Å². The Morgan fingerprint density at radius 2 is 1.80 bits per heavy atom. The van der Waals surface area contributed by atoms with Gasteiger partial charge in [0.2, 0.25) is 5.91 Å². The highest BCUT2D eigenvalue weighted by atomic mass is 16.2. The molecule has 1 amide bonds. The Hall–Kier alpha value is -0.610. The molecule has 4 heteroatoms. The van der Waals surface area contributed by atoms with Gasteiger partial charge in [-0.2, -0.15) is 0 Å². The highest BCUT2D eigenvalue weighted by Gasteiger charge is 2.41. The van der Waals surface area contributed by atoms with Crippen LogP contribution in [0.15, 0.2) is 0 Å². The number of fused-ring (bicyclic) bond motifs is 2. The number of nitrogens with one attached hydrogen (secondary N) is 2. The van der Waals surface area contributed by atoms with Gasteiger partial charge in [0, 0.05) is 24.2 Å². The van der Waals surface area contributed by atoms with E-state index in [0.29, 0.717) is 18.1 Å². The summed E-state index contributed by atoms with van der Waals surface area (Å²) in [5.74, 6) is 0.193. The molecule has 2 aliphatic rings. The largest absolute Gasteiger partial charge is 0.353 e. The molecule has 0 spiro atoms. The maximum absolute atomic E-state index is 12.3. The third-order valence-electron chi connectivity index (χ3n) is 4.78. The molecular formula is C16H31N3O. The van der Waals surface area contributed by atoms with E-state index in [2.05, 4.69) is 29.4 Å². The van der Waals surface area contributed by atoms with Gasteiger partial charge >= 0.3 is 0 Å². The minimum atomic E-state index is 0.00952. The van der Waals surface area contributed by atoms with Crippen molar-refractivity contribution in [2.24, 2.45) is 0 Å². The molecule has 3 atom stereocenters. The predicted octanol–water partition coefficient (Wildman–Crippen LogP) is 1.89. The molecule has 2 fully saturated rings. The molecule has 2 heterocycles. The molecule has 0 aliphatic carbocycles. The van der Waals surface area contributed by atoms with Crippen molar-refractivity contribution in [2.45, 2.75) is 90.0 Å². The predicted molar refractivity (Wildman–Crippen MR) is 82.7 cm³/mol. The highest BCUT2D eigenvalue weighted by Crippen LogP contribution is 2.35. The number of carbonyl (C=O) groups excluding carboxylic acids is 1. The van der Waals surface area contributed by atoms with Crippen molar-refractivity contribution in [1.82, 2.24) is 15.5 Å². The first-order chi connectivity index (χ1) is 9.52. The number of hydrogen-bond acceptors (Lipinski definition) is 3. The van der Waals surface area contributed by atoms with Gasteiger partial charge in [0.15, 0.2) is 0 Å². The summed E-state index contributed by atoms with van der Waals surface area (Å²) in [6.45, 7) is 9.37. The molecular weight excluding hydrogens is 250 g/mol. The highest BCUT2D eigenvalue weighted by molar-refractivity contribution is 5.81. The summed E-state index contributed by atoms with van der Waals surface area (Å²) in [4.78, 5) is 14.8. The minimum absolute atomic E-state index is 0.00952. The van der Waals surface area contributed by atoms with Gasteiger partial charge in [-0.3, -0.25) is 9.69 Å². The van der Waals surface area contributed by atoms with Gasteiger partial charge in [-0.1, -0.05) is 13.3 Å². The zero-order valence-electron chi connectivity index (χ0n) is 13.5. The van der Waals surface area contributed by atoms with Gasteiger partial charge in [0.1, 0.15) is 0 Å². The Morgan fingerprint density at radius 1 is 1.20 bits per heavy atom. The van der Waals surface area contributed by atoms with E-state index in [1.54, 1.807) is 0 Å². The summed E-state index contributed by atoms with van der Waals surface area (Å²) in [5, 5.41) is 6.68. The van der Waals surface area contributed by atoms with Gasteiger partial charge in [0.05, 0.1) is 6.04 Å². The molecule has 4 nitrogen and oxygen atoms in total. The fraction of sp³-hybridized carbons (Fsp3) is 0.938. The van der Waals surface area contributed by atoms with Crippen LogP contribution >= 0.6 is 0 Å². The summed E-state index contributed by atoms with van der Waals surface area (Å²) in [6.07, 6.45) is 6.21. The first kappa shape index (κ1) is 15.8. The van der Waals surface area contributed by atoms with Crippen molar-refractivity contribution in [1.29, 1.82) is 0 Å². The van der Waals surface area contributed by atoms with Gasteiger partial charge < -0.3 is 10.6 Å². The average Bonchev–Trinajstić information content (AvgIpc) is 2.36. The average molecular weight is 281 g/mol. The standard InChI is InChI=1S/C16H31N3O/c1-5-17-13-9-14-7-6-8-15(10-13)19(14)12(4)16(20)18-11(2)3/h11-15,17H,5-10H2,1-4H3,(H,18,20). The van der Waals surface area contributed by atoms with Crippen LogP contribution in [-0.2, 0) is 4.79 Å². The lowest BCUT2D eigenvalue weighted by Gasteiger charge is -2.51. The van der Waals surface area contributed by atoms with E-state index >= 15 is 0 Å². The molecule has 0 aromatic rings. The lowest BCUT2D eigenvalue weighted by atomic mass is 9.80. The Morgan fingerprint density at radius 3 is 2.30 bits per heavy atom. The second-order valence-corrected chi connectivity index (χ2v) is 6.75.